The number of hydrogen-bond acceptors (Lipinski definition) is 5. The highest BCUT2D eigenvalue weighted by Crippen LogP contribution is 2.34. The molecule has 0 radical (unpaired) electrons. The van der Waals surface area contributed by atoms with Crippen molar-refractivity contribution in [2.24, 2.45) is 11.7 Å². The van der Waals surface area contributed by atoms with Crippen LogP contribution in [0.25, 0.3) is 10.2 Å². The number of hydrogen-bond donors (Lipinski definition) is 2. The molecule has 0 aliphatic heterocycles. The van der Waals surface area contributed by atoms with E-state index in [1.54, 1.807) is 11.3 Å². The van der Waals surface area contributed by atoms with Gasteiger partial charge in [0.05, 0.1) is 11.9 Å². The Balaban J connectivity index is 1.89. The smallest absolute Gasteiger partial charge is 0.259 e. The predicted molar refractivity (Wildman–Crippen MR) is 86.7 cm³/mol. The molecule has 6 heteroatoms. The topological polar surface area (TPSA) is 75.0 Å². The summed E-state index contributed by atoms with van der Waals surface area (Å²) >= 11 is 1.59. The van der Waals surface area contributed by atoms with Gasteiger partial charge >= 0.3 is 0 Å². The molecule has 21 heavy (non-hydrogen) atoms. The standard InChI is InChI=1S/C15H22N4OS/c1-8-9(2)21-15-13(8)14(20)17-12(18-15)7-19(3)11(6-16)10-4-5-10/h10-11H,4-7,16H2,1-3H3,(H,17,18,20). The lowest BCUT2D eigenvalue weighted by Crippen LogP contribution is -2.39. The zero-order valence-electron chi connectivity index (χ0n) is 12.8. The van der Waals surface area contributed by atoms with Gasteiger partial charge in [0.25, 0.3) is 5.56 Å². The van der Waals surface area contributed by atoms with Crippen molar-refractivity contribution in [2.75, 3.05) is 13.6 Å². The first-order valence-electron chi connectivity index (χ1n) is 7.40. The number of likely N-dealkylation sites (N-methyl/N-ethyl adjacent to an activating group) is 1. The molecule has 0 saturated heterocycles. The van der Waals surface area contributed by atoms with E-state index in [-0.39, 0.29) is 5.56 Å². The second-order valence-corrected chi connectivity index (χ2v) is 7.23. The van der Waals surface area contributed by atoms with Gasteiger partial charge in [0.2, 0.25) is 0 Å². The van der Waals surface area contributed by atoms with Gasteiger partial charge in [-0.3, -0.25) is 9.69 Å². The molecule has 0 aromatic carbocycles. The number of nitrogens with zero attached hydrogens (tertiary/aromatic N) is 2. The van der Waals surface area contributed by atoms with E-state index in [4.69, 9.17) is 5.73 Å². The van der Waals surface area contributed by atoms with Crippen molar-refractivity contribution in [1.29, 1.82) is 0 Å². The minimum Gasteiger partial charge on any atom is -0.329 e. The molecule has 1 atom stereocenters. The van der Waals surface area contributed by atoms with Crippen LogP contribution >= 0.6 is 11.3 Å². The third-order valence-electron chi connectivity index (χ3n) is 4.46. The summed E-state index contributed by atoms with van der Waals surface area (Å²) in [4.78, 5) is 24.1. The maximum atomic E-state index is 12.3. The molecule has 2 aromatic heterocycles. The number of nitrogens with two attached hydrogens (primary N) is 1. The Labute approximate surface area is 128 Å². The van der Waals surface area contributed by atoms with Crippen LogP contribution in [0.2, 0.25) is 0 Å². The molecule has 114 valence electrons. The van der Waals surface area contributed by atoms with Gasteiger partial charge < -0.3 is 10.7 Å². The summed E-state index contributed by atoms with van der Waals surface area (Å²) in [6, 6.07) is 0.387. The van der Waals surface area contributed by atoms with E-state index in [0.717, 1.165) is 26.5 Å². The third kappa shape index (κ3) is 2.75. The van der Waals surface area contributed by atoms with Crippen LogP contribution in [0.4, 0.5) is 0 Å². The molecule has 0 spiro atoms. The maximum Gasteiger partial charge on any atom is 0.259 e. The second kappa shape index (κ2) is 5.51. The molecular formula is C15H22N4OS. The average molecular weight is 306 g/mol. The van der Waals surface area contributed by atoms with Crippen molar-refractivity contribution in [1.82, 2.24) is 14.9 Å². The first-order chi connectivity index (χ1) is 10.0. The summed E-state index contributed by atoms with van der Waals surface area (Å²) < 4.78 is 0. The van der Waals surface area contributed by atoms with Crippen molar-refractivity contribution < 1.29 is 0 Å². The van der Waals surface area contributed by atoms with Gasteiger partial charge in [0.1, 0.15) is 10.7 Å². The van der Waals surface area contributed by atoms with Crippen molar-refractivity contribution in [3.05, 3.63) is 26.6 Å². The number of rotatable bonds is 5. The van der Waals surface area contributed by atoms with Crippen LogP contribution in [0, 0.1) is 19.8 Å². The van der Waals surface area contributed by atoms with Crippen molar-refractivity contribution >= 4 is 21.6 Å². The Morgan fingerprint density at radius 3 is 2.81 bits per heavy atom. The fourth-order valence-corrected chi connectivity index (χ4v) is 3.99. The van der Waals surface area contributed by atoms with Crippen LogP contribution in [0.1, 0.15) is 29.1 Å². The molecule has 0 bridgehead atoms. The van der Waals surface area contributed by atoms with Gasteiger partial charge in [-0.2, -0.15) is 0 Å². The van der Waals surface area contributed by atoms with Crippen molar-refractivity contribution in [2.45, 2.75) is 39.3 Å². The second-order valence-electron chi connectivity index (χ2n) is 6.03. The molecule has 1 aliphatic rings. The number of fused-ring (bicyclic) bond motifs is 1. The van der Waals surface area contributed by atoms with E-state index in [1.165, 1.54) is 12.8 Å². The Kier molecular flexibility index (Phi) is 3.86. The summed E-state index contributed by atoms with van der Waals surface area (Å²) in [6.45, 7) is 5.31. The number of aromatic amines is 1. The minimum absolute atomic E-state index is 0.0269. The normalized spacial score (nSPS) is 16.8. The first-order valence-corrected chi connectivity index (χ1v) is 8.22. The fraction of sp³-hybridized carbons (Fsp3) is 0.600. The van der Waals surface area contributed by atoms with E-state index in [0.29, 0.717) is 25.0 Å². The van der Waals surface area contributed by atoms with Gasteiger partial charge in [0.15, 0.2) is 0 Å². The van der Waals surface area contributed by atoms with E-state index < -0.39 is 0 Å². The molecule has 1 unspecified atom stereocenters. The lowest BCUT2D eigenvalue weighted by molar-refractivity contribution is 0.211. The predicted octanol–water partition coefficient (Wildman–Crippen LogP) is 1.77. The zero-order valence-corrected chi connectivity index (χ0v) is 13.6. The number of H-pyrrole nitrogens is 1. The van der Waals surface area contributed by atoms with Crippen LogP contribution in [0.15, 0.2) is 4.79 Å². The zero-order chi connectivity index (χ0) is 15.1. The monoisotopic (exact) mass is 306 g/mol. The maximum absolute atomic E-state index is 12.3. The van der Waals surface area contributed by atoms with E-state index in [1.807, 2.05) is 13.8 Å². The van der Waals surface area contributed by atoms with Crippen LogP contribution in [0.5, 0.6) is 0 Å². The number of aryl methyl sites for hydroxylation is 2. The van der Waals surface area contributed by atoms with Gasteiger partial charge in [-0.15, -0.1) is 11.3 Å². The van der Waals surface area contributed by atoms with E-state index in [2.05, 4.69) is 21.9 Å². The van der Waals surface area contributed by atoms with Crippen LogP contribution in [-0.2, 0) is 6.54 Å². The molecule has 1 aliphatic carbocycles. The Morgan fingerprint density at radius 2 is 2.19 bits per heavy atom. The van der Waals surface area contributed by atoms with Crippen LogP contribution in [0.3, 0.4) is 0 Å². The Hall–Kier alpha value is -1.24. The number of thiophene rings is 1. The highest BCUT2D eigenvalue weighted by molar-refractivity contribution is 7.18. The van der Waals surface area contributed by atoms with Crippen molar-refractivity contribution in [3.63, 3.8) is 0 Å². The molecule has 1 fully saturated rings. The Bertz CT molecular complexity index is 716. The van der Waals surface area contributed by atoms with E-state index in [9.17, 15) is 4.79 Å². The highest BCUT2D eigenvalue weighted by atomic mass is 32.1. The van der Waals surface area contributed by atoms with Gasteiger partial charge in [0, 0.05) is 17.5 Å². The van der Waals surface area contributed by atoms with E-state index >= 15 is 0 Å². The number of aromatic nitrogens is 2. The molecule has 0 amide bonds. The van der Waals surface area contributed by atoms with Gasteiger partial charge in [-0.05, 0) is 45.2 Å². The molecule has 3 rings (SSSR count). The van der Waals surface area contributed by atoms with Crippen LogP contribution in [-0.4, -0.2) is 34.5 Å². The Morgan fingerprint density at radius 1 is 1.48 bits per heavy atom. The van der Waals surface area contributed by atoms with Crippen molar-refractivity contribution in [3.8, 4) is 0 Å². The lowest BCUT2D eigenvalue weighted by Gasteiger charge is -2.26. The lowest BCUT2D eigenvalue weighted by atomic mass is 10.1. The molecular weight excluding hydrogens is 284 g/mol. The van der Waals surface area contributed by atoms with Gasteiger partial charge in [-0.1, -0.05) is 0 Å². The highest BCUT2D eigenvalue weighted by Gasteiger charge is 2.33. The third-order valence-corrected chi connectivity index (χ3v) is 5.56. The largest absolute Gasteiger partial charge is 0.329 e. The fourth-order valence-electron chi connectivity index (χ4n) is 2.94. The SMILES string of the molecule is Cc1sc2nc(CN(C)C(CN)C3CC3)[nH]c(=O)c2c1C. The summed E-state index contributed by atoms with van der Waals surface area (Å²) in [7, 11) is 2.06. The summed E-state index contributed by atoms with van der Waals surface area (Å²) in [5.74, 6) is 1.44. The average Bonchev–Trinajstić information content (AvgIpc) is 3.18. The summed E-state index contributed by atoms with van der Waals surface area (Å²) in [5.41, 5.74) is 6.90. The number of nitrogens with one attached hydrogen (secondary N) is 1. The molecule has 3 N–H and O–H groups in total. The molecule has 5 nitrogen and oxygen atoms in total. The molecule has 2 heterocycles. The summed E-state index contributed by atoms with van der Waals surface area (Å²) in [6.07, 6.45) is 2.52. The quantitative estimate of drug-likeness (QED) is 0.883. The summed E-state index contributed by atoms with van der Waals surface area (Å²) in [5, 5.41) is 0.737. The molecule has 2 aromatic rings. The first kappa shape index (κ1) is 14.7. The van der Waals surface area contributed by atoms with Gasteiger partial charge in [-0.25, -0.2) is 4.98 Å². The van der Waals surface area contributed by atoms with Crippen LogP contribution < -0.4 is 11.3 Å². The molecule has 1 saturated carbocycles. The minimum atomic E-state index is -0.0269.